The molecule has 1 amide bonds. The Bertz CT molecular complexity index is 663. The number of thiophene rings is 1. The Balaban J connectivity index is 2.27. The Morgan fingerprint density at radius 2 is 1.95 bits per heavy atom. The van der Waals surface area contributed by atoms with E-state index < -0.39 is 0 Å². The van der Waals surface area contributed by atoms with Crippen LogP contribution in [0.2, 0.25) is 0 Å². The van der Waals surface area contributed by atoms with Gasteiger partial charge in [-0.1, -0.05) is 18.2 Å². The second kappa shape index (κ2) is 6.72. The van der Waals surface area contributed by atoms with E-state index in [2.05, 4.69) is 0 Å². The second-order valence-corrected chi connectivity index (χ2v) is 5.73. The molecule has 0 aliphatic rings. The van der Waals surface area contributed by atoms with Gasteiger partial charge in [0.1, 0.15) is 6.54 Å². The highest BCUT2D eigenvalue weighted by molar-refractivity contribution is 7.21. The van der Waals surface area contributed by atoms with Crippen molar-refractivity contribution < 1.29 is 14.3 Å². The highest BCUT2D eigenvalue weighted by Gasteiger charge is 2.22. The fourth-order valence-electron chi connectivity index (χ4n) is 2.21. The molecule has 0 saturated heterocycles. The highest BCUT2D eigenvalue weighted by atomic mass is 32.1. The van der Waals surface area contributed by atoms with Gasteiger partial charge in [0, 0.05) is 11.2 Å². The van der Waals surface area contributed by atoms with Crippen molar-refractivity contribution in [3.05, 3.63) is 34.7 Å². The molecule has 4 nitrogen and oxygen atoms in total. The van der Waals surface area contributed by atoms with E-state index >= 15 is 0 Å². The molecule has 0 N–H and O–H groups in total. The molecule has 0 bridgehead atoms. The predicted molar refractivity (Wildman–Crippen MR) is 84.8 cm³/mol. The van der Waals surface area contributed by atoms with Gasteiger partial charge in [-0.05, 0) is 37.8 Å². The van der Waals surface area contributed by atoms with Crippen LogP contribution >= 0.6 is 11.3 Å². The van der Waals surface area contributed by atoms with Gasteiger partial charge in [-0.15, -0.1) is 11.3 Å². The molecule has 2 rings (SSSR count). The standard InChI is InChI=1S/C16H19NO3S/c1-4-17(10-14(18)20-5-2)16(19)15-11(3)12-8-6-7-9-13(12)21-15/h6-9H,4-5,10H2,1-3H3. The number of rotatable bonds is 5. The number of ether oxygens (including phenoxy) is 1. The third-order valence-electron chi connectivity index (χ3n) is 3.33. The van der Waals surface area contributed by atoms with E-state index in [-0.39, 0.29) is 18.4 Å². The molecule has 112 valence electrons. The molecule has 0 atom stereocenters. The number of amides is 1. The smallest absolute Gasteiger partial charge is 0.325 e. The summed E-state index contributed by atoms with van der Waals surface area (Å²) in [5, 5.41) is 1.10. The van der Waals surface area contributed by atoms with Gasteiger partial charge in [-0.3, -0.25) is 9.59 Å². The third-order valence-corrected chi connectivity index (χ3v) is 4.59. The molecule has 0 aliphatic carbocycles. The molecule has 0 spiro atoms. The minimum atomic E-state index is -0.369. The summed E-state index contributed by atoms with van der Waals surface area (Å²) < 4.78 is 6.01. The van der Waals surface area contributed by atoms with Crippen molar-refractivity contribution in [3.8, 4) is 0 Å². The number of carbonyl (C=O) groups is 2. The van der Waals surface area contributed by atoms with Crippen molar-refractivity contribution >= 4 is 33.3 Å². The van der Waals surface area contributed by atoms with Gasteiger partial charge in [-0.2, -0.15) is 0 Å². The third kappa shape index (κ3) is 3.24. The minimum absolute atomic E-state index is 0.00312. The average molecular weight is 305 g/mol. The normalized spacial score (nSPS) is 10.6. The first kappa shape index (κ1) is 15.5. The molecule has 1 heterocycles. The maximum absolute atomic E-state index is 12.6. The quantitative estimate of drug-likeness (QED) is 0.797. The first-order valence-corrected chi connectivity index (χ1v) is 7.83. The molecule has 2 aromatic rings. The van der Waals surface area contributed by atoms with Crippen LogP contribution in [0.25, 0.3) is 10.1 Å². The number of hydrogen-bond donors (Lipinski definition) is 0. The number of nitrogens with zero attached hydrogens (tertiary/aromatic N) is 1. The fraction of sp³-hybridized carbons (Fsp3) is 0.375. The largest absolute Gasteiger partial charge is 0.465 e. The van der Waals surface area contributed by atoms with Crippen molar-refractivity contribution in [3.63, 3.8) is 0 Å². The molecule has 1 aromatic heterocycles. The molecule has 0 radical (unpaired) electrons. The average Bonchev–Trinajstić information content (AvgIpc) is 2.82. The van der Waals surface area contributed by atoms with Crippen molar-refractivity contribution in [1.82, 2.24) is 4.90 Å². The van der Waals surface area contributed by atoms with Gasteiger partial charge < -0.3 is 9.64 Å². The molecule has 21 heavy (non-hydrogen) atoms. The maximum atomic E-state index is 12.6. The Morgan fingerprint density at radius 3 is 2.57 bits per heavy atom. The van der Waals surface area contributed by atoms with Crippen LogP contribution in [0.15, 0.2) is 24.3 Å². The van der Waals surface area contributed by atoms with Gasteiger partial charge in [0.25, 0.3) is 5.91 Å². The van der Waals surface area contributed by atoms with E-state index in [1.54, 1.807) is 6.92 Å². The van der Waals surface area contributed by atoms with Crippen LogP contribution in [0.5, 0.6) is 0 Å². The lowest BCUT2D eigenvalue weighted by molar-refractivity contribution is -0.143. The molecule has 0 aliphatic heterocycles. The molecule has 0 saturated carbocycles. The van der Waals surface area contributed by atoms with Crippen LogP contribution in [-0.4, -0.2) is 36.5 Å². The minimum Gasteiger partial charge on any atom is -0.465 e. The lowest BCUT2D eigenvalue weighted by atomic mass is 10.1. The van der Waals surface area contributed by atoms with E-state index in [1.165, 1.54) is 16.2 Å². The van der Waals surface area contributed by atoms with Crippen LogP contribution in [0, 0.1) is 6.92 Å². The van der Waals surface area contributed by atoms with Gasteiger partial charge in [0.15, 0.2) is 0 Å². The summed E-state index contributed by atoms with van der Waals surface area (Å²) in [4.78, 5) is 26.4. The number of fused-ring (bicyclic) bond motifs is 1. The first-order valence-electron chi connectivity index (χ1n) is 7.01. The van der Waals surface area contributed by atoms with Crippen LogP contribution in [0.4, 0.5) is 0 Å². The number of benzene rings is 1. The van der Waals surface area contributed by atoms with Gasteiger partial charge in [0.05, 0.1) is 11.5 Å². The molecule has 0 unspecified atom stereocenters. The summed E-state index contributed by atoms with van der Waals surface area (Å²) in [6, 6.07) is 7.94. The van der Waals surface area contributed by atoms with Crippen LogP contribution in [-0.2, 0) is 9.53 Å². The van der Waals surface area contributed by atoms with Crippen molar-refractivity contribution in [2.45, 2.75) is 20.8 Å². The van der Waals surface area contributed by atoms with E-state index in [0.29, 0.717) is 18.0 Å². The predicted octanol–water partition coefficient (Wildman–Crippen LogP) is 3.23. The summed E-state index contributed by atoms with van der Waals surface area (Å²) in [5.74, 6) is -0.476. The SMILES string of the molecule is CCOC(=O)CN(CC)C(=O)c1sc2ccccc2c1C. The number of carbonyl (C=O) groups excluding carboxylic acids is 2. The maximum Gasteiger partial charge on any atom is 0.325 e. The van der Waals surface area contributed by atoms with E-state index in [9.17, 15) is 9.59 Å². The summed E-state index contributed by atoms with van der Waals surface area (Å²) in [6.07, 6.45) is 0. The van der Waals surface area contributed by atoms with Gasteiger partial charge >= 0.3 is 5.97 Å². The Morgan fingerprint density at radius 1 is 1.24 bits per heavy atom. The van der Waals surface area contributed by atoms with E-state index in [4.69, 9.17) is 4.74 Å². The van der Waals surface area contributed by atoms with Crippen LogP contribution < -0.4 is 0 Å². The summed E-state index contributed by atoms with van der Waals surface area (Å²) >= 11 is 1.47. The number of esters is 1. The number of likely N-dealkylation sites (N-methyl/N-ethyl adjacent to an activating group) is 1. The van der Waals surface area contributed by atoms with Crippen LogP contribution in [0.1, 0.15) is 29.1 Å². The zero-order valence-corrected chi connectivity index (χ0v) is 13.3. The molecule has 5 heteroatoms. The zero-order valence-electron chi connectivity index (χ0n) is 12.5. The Labute approximate surface area is 128 Å². The molecular weight excluding hydrogens is 286 g/mol. The van der Waals surface area contributed by atoms with Gasteiger partial charge in [-0.25, -0.2) is 0 Å². The molecular formula is C16H19NO3S. The van der Waals surface area contributed by atoms with Crippen LogP contribution in [0.3, 0.4) is 0 Å². The topological polar surface area (TPSA) is 46.6 Å². The van der Waals surface area contributed by atoms with Gasteiger partial charge in [0.2, 0.25) is 0 Å². The monoisotopic (exact) mass is 305 g/mol. The summed E-state index contributed by atoms with van der Waals surface area (Å²) in [7, 11) is 0. The Kier molecular flexibility index (Phi) is 4.96. The fourth-order valence-corrected chi connectivity index (χ4v) is 3.39. The van der Waals surface area contributed by atoms with Crippen molar-refractivity contribution in [2.24, 2.45) is 0 Å². The first-order chi connectivity index (χ1) is 10.1. The summed E-state index contributed by atoms with van der Waals surface area (Å²) in [5.41, 5.74) is 0.975. The molecule has 1 aromatic carbocycles. The lowest BCUT2D eigenvalue weighted by Crippen LogP contribution is -2.36. The number of aryl methyl sites for hydroxylation is 1. The highest BCUT2D eigenvalue weighted by Crippen LogP contribution is 2.31. The lowest BCUT2D eigenvalue weighted by Gasteiger charge is -2.19. The van der Waals surface area contributed by atoms with Crippen molar-refractivity contribution in [1.29, 1.82) is 0 Å². The zero-order chi connectivity index (χ0) is 15.4. The molecule has 0 fully saturated rings. The van der Waals surface area contributed by atoms with E-state index in [0.717, 1.165) is 15.6 Å². The summed E-state index contributed by atoms with van der Waals surface area (Å²) in [6.45, 7) is 6.37. The van der Waals surface area contributed by atoms with Crippen molar-refractivity contribution in [2.75, 3.05) is 19.7 Å². The van der Waals surface area contributed by atoms with E-state index in [1.807, 2.05) is 38.1 Å². The second-order valence-electron chi connectivity index (χ2n) is 4.68. The number of hydrogen-bond acceptors (Lipinski definition) is 4. The Hall–Kier alpha value is -1.88.